The van der Waals surface area contributed by atoms with Gasteiger partial charge in [-0.3, -0.25) is 4.79 Å². The number of hydrogen-bond donors (Lipinski definition) is 1. The van der Waals surface area contributed by atoms with Crippen molar-refractivity contribution in [2.24, 2.45) is 13.0 Å². The van der Waals surface area contributed by atoms with Crippen molar-refractivity contribution in [2.75, 3.05) is 6.54 Å². The summed E-state index contributed by atoms with van der Waals surface area (Å²) >= 11 is 6.04. The van der Waals surface area contributed by atoms with E-state index >= 15 is 0 Å². The van der Waals surface area contributed by atoms with Crippen LogP contribution in [-0.2, 0) is 7.05 Å². The molecule has 94 valence electrons. The first-order chi connectivity index (χ1) is 8.15. The van der Waals surface area contributed by atoms with Crippen LogP contribution in [-0.4, -0.2) is 27.4 Å². The SMILES string of the molecule is Cn1cnc(C(=O)NCC2CCC(Cl)CC2)c1. The normalized spacial score (nSPS) is 24.6. The fourth-order valence-corrected chi connectivity index (χ4v) is 2.44. The van der Waals surface area contributed by atoms with Gasteiger partial charge in [-0.2, -0.15) is 0 Å². The van der Waals surface area contributed by atoms with E-state index in [-0.39, 0.29) is 5.91 Å². The Bertz CT molecular complexity index is 383. The molecule has 0 bridgehead atoms. The van der Waals surface area contributed by atoms with E-state index in [1.54, 1.807) is 17.1 Å². The van der Waals surface area contributed by atoms with Crippen molar-refractivity contribution in [3.05, 3.63) is 18.2 Å². The molecule has 4 nitrogen and oxygen atoms in total. The molecule has 1 aliphatic carbocycles. The molecule has 0 atom stereocenters. The molecule has 1 heterocycles. The van der Waals surface area contributed by atoms with E-state index in [2.05, 4.69) is 10.3 Å². The highest BCUT2D eigenvalue weighted by atomic mass is 35.5. The second kappa shape index (κ2) is 5.54. The number of carbonyl (C=O) groups is 1. The molecular weight excluding hydrogens is 238 g/mol. The molecular formula is C12H18ClN3O. The molecule has 5 heteroatoms. The third-order valence-electron chi connectivity index (χ3n) is 3.27. The number of halogens is 1. The Labute approximate surface area is 106 Å². The lowest BCUT2D eigenvalue weighted by Crippen LogP contribution is -2.31. The first kappa shape index (κ1) is 12.4. The van der Waals surface area contributed by atoms with Gasteiger partial charge in [0.2, 0.25) is 0 Å². The quantitative estimate of drug-likeness (QED) is 0.840. The summed E-state index contributed by atoms with van der Waals surface area (Å²) in [6.45, 7) is 0.735. The minimum absolute atomic E-state index is 0.0846. The second-order valence-electron chi connectivity index (χ2n) is 4.75. The number of imidazole rings is 1. The predicted molar refractivity (Wildman–Crippen MR) is 67.1 cm³/mol. The molecule has 1 aromatic heterocycles. The summed E-state index contributed by atoms with van der Waals surface area (Å²) in [5, 5.41) is 3.27. The van der Waals surface area contributed by atoms with Gasteiger partial charge in [-0.25, -0.2) is 4.98 Å². The number of hydrogen-bond acceptors (Lipinski definition) is 2. The van der Waals surface area contributed by atoms with Gasteiger partial charge in [0.15, 0.2) is 0 Å². The zero-order valence-corrected chi connectivity index (χ0v) is 10.8. The van der Waals surface area contributed by atoms with Crippen LogP contribution in [0.4, 0.5) is 0 Å². The maximum Gasteiger partial charge on any atom is 0.271 e. The van der Waals surface area contributed by atoms with Gasteiger partial charge in [-0.15, -0.1) is 11.6 Å². The van der Waals surface area contributed by atoms with Crippen molar-refractivity contribution < 1.29 is 4.79 Å². The first-order valence-corrected chi connectivity index (χ1v) is 6.49. The Morgan fingerprint density at radius 3 is 2.82 bits per heavy atom. The summed E-state index contributed by atoms with van der Waals surface area (Å²) in [6.07, 6.45) is 7.70. The summed E-state index contributed by atoms with van der Waals surface area (Å²) in [6, 6.07) is 0. The molecule has 1 amide bonds. The summed E-state index contributed by atoms with van der Waals surface area (Å²) in [4.78, 5) is 15.8. The number of alkyl halides is 1. The van der Waals surface area contributed by atoms with Gasteiger partial charge in [0, 0.05) is 25.2 Å². The summed E-state index contributed by atoms with van der Waals surface area (Å²) in [5.41, 5.74) is 0.485. The van der Waals surface area contributed by atoms with E-state index in [1.165, 1.54) is 0 Å². The molecule has 2 rings (SSSR count). The van der Waals surface area contributed by atoms with Gasteiger partial charge >= 0.3 is 0 Å². The third kappa shape index (κ3) is 3.46. The molecule has 0 saturated heterocycles. The Morgan fingerprint density at radius 1 is 1.53 bits per heavy atom. The number of aromatic nitrogens is 2. The van der Waals surface area contributed by atoms with Crippen LogP contribution in [0.3, 0.4) is 0 Å². The zero-order valence-electron chi connectivity index (χ0n) is 10.0. The van der Waals surface area contributed by atoms with Crippen LogP contribution in [0, 0.1) is 5.92 Å². The van der Waals surface area contributed by atoms with E-state index in [0.29, 0.717) is 17.0 Å². The van der Waals surface area contributed by atoms with Crippen molar-refractivity contribution in [3.63, 3.8) is 0 Å². The number of rotatable bonds is 3. The molecule has 0 unspecified atom stereocenters. The highest BCUT2D eigenvalue weighted by Crippen LogP contribution is 2.26. The van der Waals surface area contributed by atoms with Gasteiger partial charge in [0.25, 0.3) is 5.91 Å². The lowest BCUT2D eigenvalue weighted by Gasteiger charge is -2.24. The summed E-state index contributed by atoms with van der Waals surface area (Å²) in [5.74, 6) is 0.483. The first-order valence-electron chi connectivity index (χ1n) is 6.05. The maximum atomic E-state index is 11.8. The van der Waals surface area contributed by atoms with Crippen molar-refractivity contribution >= 4 is 17.5 Å². The summed E-state index contributed by atoms with van der Waals surface area (Å²) < 4.78 is 1.77. The van der Waals surface area contributed by atoms with E-state index in [9.17, 15) is 4.79 Å². The van der Waals surface area contributed by atoms with Crippen LogP contribution in [0.1, 0.15) is 36.2 Å². The second-order valence-corrected chi connectivity index (χ2v) is 5.37. The number of carbonyl (C=O) groups excluding carboxylic acids is 1. The molecule has 1 saturated carbocycles. The van der Waals surface area contributed by atoms with Crippen molar-refractivity contribution in [2.45, 2.75) is 31.1 Å². The van der Waals surface area contributed by atoms with E-state index in [1.807, 2.05) is 7.05 Å². The standard InChI is InChI=1S/C12H18ClN3O/c1-16-7-11(15-8-16)12(17)14-6-9-2-4-10(13)5-3-9/h7-10H,2-6H2,1H3,(H,14,17). The topological polar surface area (TPSA) is 46.9 Å². The third-order valence-corrected chi connectivity index (χ3v) is 3.70. The van der Waals surface area contributed by atoms with Gasteiger partial charge < -0.3 is 9.88 Å². The lowest BCUT2D eigenvalue weighted by atomic mass is 9.89. The van der Waals surface area contributed by atoms with E-state index in [0.717, 1.165) is 32.2 Å². The smallest absolute Gasteiger partial charge is 0.271 e. The van der Waals surface area contributed by atoms with Crippen LogP contribution in [0.5, 0.6) is 0 Å². The van der Waals surface area contributed by atoms with Crippen LogP contribution >= 0.6 is 11.6 Å². The zero-order chi connectivity index (χ0) is 12.3. The van der Waals surface area contributed by atoms with Crippen LogP contribution in [0.2, 0.25) is 0 Å². The van der Waals surface area contributed by atoms with Gasteiger partial charge in [0.05, 0.1) is 6.33 Å². The molecule has 0 radical (unpaired) electrons. The van der Waals surface area contributed by atoms with Crippen LogP contribution in [0.15, 0.2) is 12.5 Å². The van der Waals surface area contributed by atoms with Gasteiger partial charge in [-0.05, 0) is 31.6 Å². The molecule has 0 spiro atoms. The monoisotopic (exact) mass is 255 g/mol. The Morgan fingerprint density at radius 2 is 2.24 bits per heavy atom. The van der Waals surface area contributed by atoms with Gasteiger partial charge in [0.1, 0.15) is 5.69 Å². The largest absolute Gasteiger partial charge is 0.350 e. The molecule has 1 aromatic rings. The minimum atomic E-state index is -0.0846. The highest BCUT2D eigenvalue weighted by Gasteiger charge is 2.20. The van der Waals surface area contributed by atoms with E-state index in [4.69, 9.17) is 11.6 Å². The van der Waals surface area contributed by atoms with Crippen LogP contribution < -0.4 is 5.32 Å². The number of amides is 1. The van der Waals surface area contributed by atoms with Crippen molar-refractivity contribution in [3.8, 4) is 0 Å². The Hall–Kier alpha value is -1.03. The van der Waals surface area contributed by atoms with Crippen molar-refractivity contribution in [1.82, 2.24) is 14.9 Å². The number of aryl methyl sites for hydroxylation is 1. The minimum Gasteiger partial charge on any atom is -0.350 e. The molecule has 0 aliphatic heterocycles. The average molecular weight is 256 g/mol. The fourth-order valence-electron chi connectivity index (χ4n) is 2.18. The Balaban J connectivity index is 1.76. The predicted octanol–water partition coefficient (Wildman–Crippen LogP) is 1.95. The highest BCUT2D eigenvalue weighted by molar-refractivity contribution is 6.20. The molecule has 17 heavy (non-hydrogen) atoms. The fraction of sp³-hybridized carbons (Fsp3) is 0.667. The molecule has 0 aromatic carbocycles. The Kier molecular flexibility index (Phi) is 4.05. The summed E-state index contributed by atoms with van der Waals surface area (Å²) in [7, 11) is 1.85. The van der Waals surface area contributed by atoms with Gasteiger partial charge in [-0.1, -0.05) is 0 Å². The molecule has 1 aliphatic rings. The van der Waals surface area contributed by atoms with Crippen LogP contribution in [0.25, 0.3) is 0 Å². The number of nitrogens with zero attached hydrogens (tertiary/aromatic N) is 2. The molecule has 1 fully saturated rings. The maximum absolute atomic E-state index is 11.8. The average Bonchev–Trinajstić information content (AvgIpc) is 2.75. The van der Waals surface area contributed by atoms with Crippen molar-refractivity contribution in [1.29, 1.82) is 0 Å². The lowest BCUT2D eigenvalue weighted by molar-refractivity contribution is 0.0939. The number of nitrogens with one attached hydrogen (secondary N) is 1. The van der Waals surface area contributed by atoms with E-state index < -0.39 is 0 Å². The molecule has 1 N–H and O–H groups in total.